The van der Waals surface area contributed by atoms with E-state index in [1.54, 1.807) is 37.3 Å². The van der Waals surface area contributed by atoms with Gasteiger partial charge in [0.15, 0.2) is 0 Å². The van der Waals surface area contributed by atoms with E-state index in [1.165, 1.54) is 41.4 Å². The molecule has 0 bridgehead atoms. The zero-order chi connectivity index (χ0) is 23.0. The van der Waals surface area contributed by atoms with Crippen molar-refractivity contribution < 1.29 is 27.5 Å². The van der Waals surface area contributed by atoms with Gasteiger partial charge >= 0.3 is 5.97 Å². The number of primary sulfonamides is 1. The van der Waals surface area contributed by atoms with Crippen molar-refractivity contribution in [2.45, 2.75) is 11.8 Å². The lowest BCUT2D eigenvalue weighted by Crippen LogP contribution is -2.21. The number of anilines is 1. The molecule has 10 heteroatoms. The molecule has 0 aliphatic carbocycles. The van der Waals surface area contributed by atoms with Crippen LogP contribution in [0.1, 0.15) is 23.0 Å². The SMILES string of the molecule is CC1=NN(c2ccc(S(N)(=O)=O)cc2)C(=O)/C1=C\c1ccc(-c2ccc(C(=O)O)cc2)o1. The van der Waals surface area contributed by atoms with Crippen LogP contribution in [-0.4, -0.2) is 31.1 Å². The maximum atomic E-state index is 12.9. The summed E-state index contributed by atoms with van der Waals surface area (Å²) < 4.78 is 28.6. The molecule has 3 aromatic rings. The maximum absolute atomic E-state index is 12.9. The van der Waals surface area contributed by atoms with Crippen molar-refractivity contribution in [1.82, 2.24) is 0 Å². The minimum absolute atomic E-state index is 0.0659. The number of sulfonamides is 1. The van der Waals surface area contributed by atoms with Gasteiger partial charge in [-0.15, -0.1) is 0 Å². The number of amides is 1. The van der Waals surface area contributed by atoms with Crippen LogP contribution < -0.4 is 10.1 Å². The lowest BCUT2D eigenvalue weighted by molar-refractivity contribution is -0.114. The van der Waals surface area contributed by atoms with E-state index in [-0.39, 0.29) is 10.5 Å². The zero-order valence-corrected chi connectivity index (χ0v) is 17.5. The molecule has 9 nitrogen and oxygen atoms in total. The summed E-state index contributed by atoms with van der Waals surface area (Å²) in [6.07, 6.45) is 1.56. The quantitative estimate of drug-likeness (QED) is 0.571. The minimum atomic E-state index is -3.84. The summed E-state index contributed by atoms with van der Waals surface area (Å²) in [7, 11) is -3.84. The molecule has 2 heterocycles. The highest BCUT2D eigenvalue weighted by molar-refractivity contribution is 7.89. The van der Waals surface area contributed by atoms with Crippen LogP contribution >= 0.6 is 0 Å². The van der Waals surface area contributed by atoms with Gasteiger partial charge in [0, 0.05) is 5.56 Å². The van der Waals surface area contributed by atoms with Crippen molar-refractivity contribution in [2.24, 2.45) is 10.2 Å². The first-order valence-electron chi connectivity index (χ1n) is 9.31. The maximum Gasteiger partial charge on any atom is 0.335 e. The van der Waals surface area contributed by atoms with Crippen LogP contribution in [0.3, 0.4) is 0 Å². The third-order valence-corrected chi connectivity index (χ3v) is 5.73. The third-order valence-electron chi connectivity index (χ3n) is 4.80. The molecule has 0 saturated heterocycles. The number of hydrogen-bond donors (Lipinski definition) is 2. The van der Waals surface area contributed by atoms with E-state index < -0.39 is 21.9 Å². The average Bonchev–Trinajstić information content (AvgIpc) is 3.33. The second-order valence-corrected chi connectivity index (χ2v) is 8.55. The predicted octanol–water partition coefficient (Wildman–Crippen LogP) is 3.10. The largest absolute Gasteiger partial charge is 0.478 e. The number of carbonyl (C=O) groups excluding carboxylic acids is 1. The van der Waals surface area contributed by atoms with Gasteiger partial charge < -0.3 is 9.52 Å². The van der Waals surface area contributed by atoms with Crippen molar-refractivity contribution >= 4 is 39.4 Å². The Morgan fingerprint density at radius 3 is 2.31 bits per heavy atom. The second-order valence-electron chi connectivity index (χ2n) is 6.98. The van der Waals surface area contributed by atoms with Crippen LogP contribution in [0.4, 0.5) is 5.69 Å². The summed E-state index contributed by atoms with van der Waals surface area (Å²) in [5, 5.41) is 19.5. The van der Waals surface area contributed by atoms with Crippen LogP contribution in [0, 0.1) is 0 Å². The van der Waals surface area contributed by atoms with Crippen LogP contribution in [0.2, 0.25) is 0 Å². The first-order valence-corrected chi connectivity index (χ1v) is 10.9. The number of carboxylic acids is 1. The first kappa shape index (κ1) is 21.2. The number of benzene rings is 2. The number of aromatic carboxylic acids is 1. The number of carbonyl (C=O) groups is 2. The van der Waals surface area contributed by atoms with Gasteiger partial charge in [0.25, 0.3) is 5.91 Å². The molecule has 4 rings (SSSR count). The number of nitrogens with zero attached hydrogens (tertiary/aromatic N) is 2. The Kier molecular flexibility index (Phi) is 5.25. The Balaban J connectivity index is 1.57. The van der Waals surface area contributed by atoms with Gasteiger partial charge in [0.1, 0.15) is 11.5 Å². The number of furan rings is 1. The molecule has 0 unspecified atom stereocenters. The van der Waals surface area contributed by atoms with Gasteiger partial charge in [-0.3, -0.25) is 4.79 Å². The van der Waals surface area contributed by atoms with E-state index in [2.05, 4.69) is 5.10 Å². The summed E-state index contributed by atoms with van der Waals surface area (Å²) in [5.74, 6) is -0.467. The topological polar surface area (TPSA) is 143 Å². The molecule has 162 valence electrons. The Morgan fingerprint density at radius 1 is 1.06 bits per heavy atom. The van der Waals surface area contributed by atoms with E-state index >= 15 is 0 Å². The molecule has 1 aliphatic rings. The Bertz CT molecular complexity index is 1380. The molecule has 0 saturated carbocycles. The fraction of sp³-hybridized carbons (Fsp3) is 0.0455. The molecule has 2 aromatic carbocycles. The lowest BCUT2D eigenvalue weighted by Gasteiger charge is -2.11. The Hall–Kier alpha value is -4.02. The lowest BCUT2D eigenvalue weighted by atomic mass is 10.1. The van der Waals surface area contributed by atoms with Gasteiger partial charge in [-0.1, -0.05) is 12.1 Å². The standard InChI is InChI=1S/C22H17N3O6S/c1-13-19(21(26)25(24-13)16-6-9-18(10-7-16)32(23,29)30)12-17-8-11-20(31-17)14-2-4-15(5-3-14)22(27)28/h2-12H,1H3,(H,27,28)(H2,23,29,30)/b19-12-. The molecule has 1 aromatic heterocycles. The van der Waals surface area contributed by atoms with Crippen molar-refractivity contribution in [3.63, 3.8) is 0 Å². The number of carboxylic acid groups (broad SMARTS) is 1. The van der Waals surface area contributed by atoms with E-state index in [0.29, 0.717) is 34.1 Å². The predicted molar refractivity (Wildman–Crippen MR) is 117 cm³/mol. The second kappa shape index (κ2) is 7.91. The summed E-state index contributed by atoms with van der Waals surface area (Å²) in [4.78, 5) is 23.8. The zero-order valence-electron chi connectivity index (χ0n) is 16.7. The van der Waals surface area contributed by atoms with Gasteiger partial charge in [-0.05, 0) is 61.5 Å². The minimum Gasteiger partial charge on any atom is -0.478 e. The molecular weight excluding hydrogens is 434 g/mol. The molecule has 0 radical (unpaired) electrons. The van der Waals surface area contributed by atoms with Crippen molar-refractivity contribution in [3.05, 3.63) is 77.6 Å². The molecule has 0 atom stereocenters. The van der Waals surface area contributed by atoms with E-state index in [9.17, 15) is 18.0 Å². The van der Waals surface area contributed by atoms with Gasteiger partial charge in [0.05, 0.1) is 27.4 Å². The van der Waals surface area contributed by atoms with Crippen LogP contribution in [0.25, 0.3) is 17.4 Å². The number of hydrazone groups is 1. The first-order chi connectivity index (χ1) is 15.1. The summed E-state index contributed by atoms with van der Waals surface area (Å²) in [6, 6.07) is 15.2. The van der Waals surface area contributed by atoms with Gasteiger partial charge in [0.2, 0.25) is 10.0 Å². The van der Waals surface area contributed by atoms with E-state index in [4.69, 9.17) is 14.7 Å². The molecular formula is C22H17N3O6S. The smallest absolute Gasteiger partial charge is 0.335 e. The average molecular weight is 451 g/mol. The van der Waals surface area contributed by atoms with Crippen LogP contribution in [-0.2, 0) is 14.8 Å². The Labute approximate surface area is 183 Å². The fourth-order valence-corrected chi connectivity index (χ4v) is 3.66. The number of nitrogens with two attached hydrogens (primary N) is 1. The number of hydrogen-bond acceptors (Lipinski definition) is 6. The summed E-state index contributed by atoms with van der Waals surface area (Å²) >= 11 is 0. The molecule has 1 amide bonds. The summed E-state index contributed by atoms with van der Waals surface area (Å²) in [6.45, 7) is 1.68. The summed E-state index contributed by atoms with van der Waals surface area (Å²) in [5.41, 5.74) is 2.04. The van der Waals surface area contributed by atoms with Crippen molar-refractivity contribution in [2.75, 3.05) is 5.01 Å². The van der Waals surface area contributed by atoms with Gasteiger partial charge in [-0.25, -0.2) is 18.4 Å². The number of rotatable bonds is 5. The molecule has 1 aliphatic heterocycles. The van der Waals surface area contributed by atoms with E-state index in [0.717, 1.165) is 0 Å². The van der Waals surface area contributed by atoms with Crippen molar-refractivity contribution in [3.8, 4) is 11.3 Å². The normalized spacial score (nSPS) is 15.3. The highest BCUT2D eigenvalue weighted by atomic mass is 32.2. The monoisotopic (exact) mass is 451 g/mol. The highest BCUT2D eigenvalue weighted by Crippen LogP contribution is 2.28. The fourth-order valence-electron chi connectivity index (χ4n) is 3.14. The van der Waals surface area contributed by atoms with Crippen LogP contribution in [0.15, 0.2) is 80.7 Å². The van der Waals surface area contributed by atoms with Gasteiger partial charge in [-0.2, -0.15) is 10.1 Å². The molecule has 0 spiro atoms. The van der Waals surface area contributed by atoms with Crippen LogP contribution in [0.5, 0.6) is 0 Å². The molecule has 32 heavy (non-hydrogen) atoms. The van der Waals surface area contributed by atoms with E-state index in [1.807, 2.05) is 0 Å². The molecule has 0 fully saturated rings. The molecule has 3 N–H and O–H groups in total. The highest BCUT2D eigenvalue weighted by Gasteiger charge is 2.29. The van der Waals surface area contributed by atoms with Crippen molar-refractivity contribution in [1.29, 1.82) is 0 Å². The third kappa shape index (κ3) is 4.09. The Morgan fingerprint density at radius 2 is 1.72 bits per heavy atom.